The van der Waals surface area contributed by atoms with Gasteiger partial charge in [-0.15, -0.1) is 0 Å². The van der Waals surface area contributed by atoms with Gasteiger partial charge in [0.05, 0.1) is 12.0 Å². The Labute approximate surface area is 110 Å². The summed E-state index contributed by atoms with van der Waals surface area (Å²) >= 11 is 0. The molecule has 0 spiro atoms. The maximum atomic E-state index is 11.4. The third kappa shape index (κ3) is 4.90. The fourth-order valence-corrected chi connectivity index (χ4v) is 1.64. The molecule has 0 saturated carbocycles. The average Bonchev–Trinajstić information content (AvgIpc) is 2.35. The fourth-order valence-electron chi connectivity index (χ4n) is 1.12. The summed E-state index contributed by atoms with van der Waals surface area (Å²) in [6.45, 7) is 0. The molecule has 7 nitrogen and oxygen atoms in total. The molecule has 0 atom stereocenters. The number of methoxy groups -OCH3 is 1. The molecule has 0 radical (unpaired) electrons. The number of esters is 1. The van der Waals surface area contributed by atoms with Crippen LogP contribution in [0.15, 0.2) is 41.3 Å². The van der Waals surface area contributed by atoms with Crippen LogP contribution in [0.25, 0.3) is 0 Å². The number of nitrogens with two attached hydrogens (primary N) is 1. The number of amides is 1. The molecule has 1 aromatic rings. The highest BCUT2D eigenvalue weighted by molar-refractivity contribution is 7.89. The van der Waals surface area contributed by atoms with Gasteiger partial charge < -0.3 is 10.1 Å². The van der Waals surface area contributed by atoms with Crippen molar-refractivity contribution >= 4 is 27.6 Å². The van der Waals surface area contributed by atoms with E-state index in [2.05, 4.69) is 10.1 Å². The number of carbonyl (C=O) groups excluding carboxylic acids is 2. The molecule has 0 unspecified atom stereocenters. The van der Waals surface area contributed by atoms with E-state index in [4.69, 9.17) is 5.14 Å². The Morgan fingerprint density at radius 2 is 1.79 bits per heavy atom. The van der Waals surface area contributed by atoms with Gasteiger partial charge in [-0.25, -0.2) is 18.4 Å². The van der Waals surface area contributed by atoms with E-state index in [9.17, 15) is 18.0 Å². The quantitative estimate of drug-likeness (QED) is 0.596. The minimum atomic E-state index is -3.76. The van der Waals surface area contributed by atoms with Crippen molar-refractivity contribution in [3.8, 4) is 0 Å². The van der Waals surface area contributed by atoms with Crippen molar-refractivity contribution in [1.29, 1.82) is 0 Å². The molecule has 102 valence electrons. The monoisotopic (exact) mass is 284 g/mol. The number of carbonyl (C=O) groups is 2. The van der Waals surface area contributed by atoms with Gasteiger partial charge in [0, 0.05) is 17.8 Å². The lowest BCUT2D eigenvalue weighted by molar-refractivity contribution is -0.135. The molecule has 1 aromatic carbocycles. The number of nitrogens with one attached hydrogen (secondary N) is 1. The Balaban J connectivity index is 2.71. The minimum absolute atomic E-state index is 0.0596. The highest BCUT2D eigenvalue weighted by Gasteiger charge is 2.07. The van der Waals surface area contributed by atoms with Gasteiger partial charge in [-0.05, 0) is 24.3 Å². The second-order valence-electron chi connectivity index (χ2n) is 3.42. The van der Waals surface area contributed by atoms with Crippen LogP contribution in [0, 0.1) is 0 Å². The zero-order chi connectivity index (χ0) is 14.5. The van der Waals surface area contributed by atoms with Gasteiger partial charge in [-0.1, -0.05) is 0 Å². The van der Waals surface area contributed by atoms with Crippen LogP contribution >= 0.6 is 0 Å². The lowest BCUT2D eigenvalue weighted by Crippen LogP contribution is -2.12. The van der Waals surface area contributed by atoms with E-state index in [1.807, 2.05) is 0 Å². The smallest absolute Gasteiger partial charge is 0.330 e. The van der Waals surface area contributed by atoms with Crippen LogP contribution in [-0.4, -0.2) is 27.4 Å². The molecule has 0 heterocycles. The van der Waals surface area contributed by atoms with Gasteiger partial charge in [-0.3, -0.25) is 4.79 Å². The normalized spacial score (nSPS) is 11.3. The summed E-state index contributed by atoms with van der Waals surface area (Å²) in [5.74, 6) is -1.20. The molecule has 8 heteroatoms. The van der Waals surface area contributed by atoms with Crippen molar-refractivity contribution in [3.63, 3.8) is 0 Å². The molecule has 0 aliphatic carbocycles. The zero-order valence-electron chi connectivity index (χ0n) is 9.99. The molecule has 0 fully saturated rings. The molecule has 0 aromatic heterocycles. The highest BCUT2D eigenvalue weighted by atomic mass is 32.2. The Morgan fingerprint density at radius 3 is 2.26 bits per heavy atom. The highest BCUT2D eigenvalue weighted by Crippen LogP contribution is 2.12. The van der Waals surface area contributed by atoms with E-state index in [0.717, 1.165) is 12.2 Å². The molecule has 1 amide bonds. The van der Waals surface area contributed by atoms with Crippen LogP contribution in [0.5, 0.6) is 0 Å². The molecule has 3 N–H and O–H groups in total. The molecule has 19 heavy (non-hydrogen) atoms. The van der Waals surface area contributed by atoms with Crippen LogP contribution < -0.4 is 10.5 Å². The summed E-state index contributed by atoms with van der Waals surface area (Å²) in [5, 5.41) is 7.36. The summed E-state index contributed by atoms with van der Waals surface area (Å²) in [6.07, 6.45) is 1.97. The summed E-state index contributed by atoms with van der Waals surface area (Å²) in [6, 6.07) is 5.27. The summed E-state index contributed by atoms with van der Waals surface area (Å²) in [4.78, 5) is 22.1. The summed E-state index contributed by atoms with van der Waals surface area (Å²) in [5.41, 5.74) is 0.368. The van der Waals surface area contributed by atoms with Gasteiger partial charge in [0.2, 0.25) is 15.9 Å². The lowest BCUT2D eigenvalue weighted by Gasteiger charge is -2.03. The van der Waals surface area contributed by atoms with Crippen molar-refractivity contribution in [3.05, 3.63) is 36.4 Å². The van der Waals surface area contributed by atoms with Gasteiger partial charge in [0.15, 0.2) is 0 Å². The van der Waals surface area contributed by atoms with Crippen LogP contribution in [0.4, 0.5) is 5.69 Å². The van der Waals surface area contributed by atoms with Gasteiger partial charge >= 0.3 is 5.97 Å². The van der Waals surface area contributed by atoms with Gasteiger partial charge in [0.1, 0.15) is 0 Å². The van der Waals surface area contributed by atoms with Crippen LogP contribution in [0.1, 0.15) is 0 Å². The van der Waals surface area contributed by atoms with E-state index in [1.165, 1.54) is 31.4 Å². The van der Waals surface area contributed by atoms with Gasteiger partial charge in [0.25, 0.3) is 0 Å². The van der Waals surface area contributed by atoms with E-state index in [0.29, 0.717) is 5.69 Å². The first-order chi connectivity index (χ1) is 8.82. The number of benzene rings is 1. The Morgan fingerprint density at radius 1 is 1.21 bits per heavy atom. The maximum absolute atomic E-state index is 11.4. The second kappa shape index (κ2) is 6.12. The van der Waals surface area contributed by atoms with E-state index < -0.39 is 21.9 Å². The van der Waals surface area contributed by atoms with Crippen LogP contribution in [0.3, 0.4) is 0 Å². The summed E-state index contributed by atoms with van der Waals surface area (Å²) < 4.78 is 26.3. The van der Waals surface area contributed by atoms with Gasteiger partial charge in [-0.2, -0.15) is 0 Å². The molecular formula is C11H12N2O5S. The number of ether oxygens (including phenoxy) is 1. The zero-order valence-corrected chi connectivity index (χ0v) is 10.8. The van der Waals surface area contributed by atoms with E-state index in [1.54, 1.807) is 0 Å². The lowest BCUT2D eigenvalue weighted by atomic mass is 10.3. The number of rotatable bonds is 4. The first-order valence-corrected chi connectivity index (χ1v) is 6.57. The van der Waals surface area contributed by atoms with Crippen molar-refractivity contribution in [2.45, 2.75) is 4.90 Å². The standard InChI is InChI=1S/C11H12N2O5S/c1-18-11(15)7-6-10(14)13-8-2-4-9(5-3-8)19(12,16)17/h2-7H,1H3,(H,13,14)(H2,12,16,17)/b7-6+. The Bertz CT molecular complexity index is 604. The number of hydrogen-bond acceptors (Lipinski definition) is 5. The third-order valence-corrected chi connectivity index (χ3v) is 2.95. The second-order valence-corrected chi connectivity index (χ2v) is 4.98. The molecule has 0 bridgehead atoms. The fraction of sp³-hybridized carbons (Fsp3) is 0.0909. The molecule has 0 aliphatic heterocycles. The first kappa shape index (κ1) is 14.9. The largest absolute Gasteiger partial charge is 0.466 e. The van der Waals surface area contributed by atoms with E-state index >= 15 is 0 Å². The Kier molecular flexibility index (Phi) is 4.79. The van der Waals surface area contributed by atoms with Crippen molar-refractivity contribution in [2.24, 2.45) is 5.14 Å². The van der Waals surface area contributed by atoms with Crippen molar-refractivity contribution < 1.29 is 22.7 Å². The van der Waals surface area contributed by atoms with Crippen molar-refractivity contribution in [2.75, 3.05) is 12.4 Å². The topological polar surface area (TPSA) is 116 Å². The van der Waals surface area contributed by atoms with Crippen LogP contribution in [-0.2, 0) is 24.3 Å². The predicted octanol–water partition coefficient (Wildman–Crippen LogP) is 0.00170. The van der Waals surface area contributed by atoms with E-state index in [-0.39, 0.29) is 4.90 Å². The molecule has 1 rings (SSSR count). The van der Waals surface area contributed by atoms with Crippen LogP contribution in [0.2, 0.25) is 0 Å². The molecule has 0 saturated heterocycles. The minimum Gasteiger partial charge on any atom is -0.466 e. The molecular weight excluding hydrogens is 272 g/mol. The summed E-state index contributed by atoms with van der Waals surface area (Å²) in [7, 11) is -2.57. The maximum Gasteiger partial charge on any atom is 0.330 e. The predicted molar refractivity (Wildman–Crippen MR) is 67.6 cm³/mol. The first-order valence-electron chi connectivity index (χ1n) is 5.03. The van der Waals surface area contributed by atoms with Crippen molar-refractivity contribution in [1.82, 2.24) is 0 Å². The average molecular weight is 284 g/mol. The Hall–Kier alpha value is -2.19. The third-order valence-electron chi connectivity index (χ3n) is 2.02. The number of primary sulfonamides is 1. The number of hydrogen-bond donors (Lipinski definition) is 2. The molecule has 0 aliphatic rings. The number of anilines is 1. The number of sulfonamides is 1. The SMILES string of the molecule is COC(=O)/C=C/C(=O)Nc1ccc(S(N)(=O)=O)cc1.